The van der Waals surface area contributed by atoms with Crippen LogP contribution in [-0.2, 0) is 0 Å². The Morgan fingerprint density at radius 1 is 0.875 bits per heavy atom. The first-order valence-electron chi connectivity index (χ1n) is 4.59. The summed E-state index contributed by atoms with van der Waals surface area (Å²) in [6, 6.07) is 7.58. The maximum Gasteiger partial charge on any atom is 0.166 e. The molecule has 0 unspecified atom stereocenters. The summed E-state index contributed by atoms with van der Waals surface area (Å²) in [6.07, 6.45) is 0. The normalized spacial score (nSPS) is 10.4. The van der Waals surface area contributed by atoms with Crippen molar-refractivity contribution < 1.29 is 13.2 Å². The molecule has 2 aromatic carbocycles. The Hall–Kier alpha value is -1.97. The molecule has 0 saturated heterocycles. The zero-order chi connectivity index (χ0) is 11.7. The average Bonchev–Trinajstić information content (AvgIpc) is 2.26. The van der Waals surface area contributed by atoms with E-state index >= 15 is 0 Å². The average molecular weight is 223 g/mol. The molecule has 0 saturated carbocycles. The molecule has 0 atom stereocenters. The highest BCUT2D eigenvalue weighted by atomic mass is 19.2. The van der Waals surface area contributed by atoms with Crippen LogP contribution in [0.15, 0.2) is 36.4 Å². The molecule has 0 fully saturated rings. The summed E-state index contributed by atoms with van der Waals surface area (Å²) in [7, 11) is 0. The first kappa shape index (κ1) is 10.5. The second-order valence-corrected chi connectivity index (χ2v) is 3.34. The quantitative estimate of drug-likeness (QED) is 0.737. The van der Waals surface area contributed by atoms with Crippen LogP contribution in [0, 0.1) is 17.5 Å². The van der Waals surface area contributed by atoms with Crippen LogP contribution in [0.3, 0.4) is 0 Å². The summed E-state index contributed by atoms with van der Waals surface area (Å²) < 4.78 is 39.5. The molecular formula is C12H8F3N. The Morgan fingerprint density at radius 2 is 1.62 bits per heavy atom. The van der Waals surface area contributed by atoms with Gasteiger partial charge in [0, 0.05) is 5.56 Å². The summed E-state index contributed by atoms with van der Waals surface area (Å²) in [6.45, 7) is 0. The monoisotopic (exact) mass is 223 g/mol. The van der Waals surface area contributed by atoms with Crippen LogP contribution in [0.1, 0.15) is 0 Å². The van der Waals surface area contributed by atoms with Crippen LogP contribution < -0.4 is 5.73 Å². The molecule has 1 nitrogen and oxygen atoms in total. The summed E-state index contributed by atoms with van der Waals surface area (Å²) >= 11 is 0. The van der Waals surface area contributed by atoms with Crippen molar-refractivity contribution in [2.45, 2.75) is 0 Å². The molecule has 0 aromatic heterocycles. The highest BCUT2D eigenvalue weighted by Crippen LogP contribution is 2.26. The number of anilines is 1. The van der Waals surface area contributed by atoms with Gasteiger partial charge in [0.05, 0.1) is 5.69 Å². The lowest BCUT2D eigenvalue weighted by molar-refractivity contribution is 0.511. The van der Waals surface area contributed by atoms with Crippen molar-refractivity contribution in [3.8, 4) is 11.1 Å². The van der Waals surface area contributed by atoms with Gasteiger partial charge in [-0.3, -0.25) is 0 Å². The lowest BCUT2D eigenvalue weighted by Crippen LogP contribution is -1.93. The van der Waals surface area contributed by atoms with E-state index < -0.39 is 17.5 Å². The number of halogens is 3. The van der Waals surface area contributed by atoms with Gasteiger partial charge in [-0.2, -0.15) is 0 Å². The highest BCUT2D eigenvalue weighted by Gasteiger charge is 2.10. The minimum absolute atomic E-state index is 0.0129. The van der Waals surface area contributed by atoms with E-state index in [1.807, 2.05) is 0 Å². The van der Waals surface area contributed by atoms with E-state index in [1.54, 1.807) is 0 Å². The molecule has 0 aliphatic rings. The van der Waals surface area contributed by atoms with E-state index in [1.165, 1.54) is 24.3 Å². The van der Waals surface area contributed by atoms with Gasteiger partial charge in [0.15, 0.2) is 11.6 Å². The zero-order valence-corrected chi connectivity index (χ0v) is 8.18. The minimum atomic E-state index is -0.994. The van der Waals surface area contributed by atoms with E-state index in [-0.39, 0.29) is 16.8 Å². The smallest absolute Gasteiger partial charge is 0.166 e. The van der Waals surface area contributed by atoms with Crippen molar-refractivity contribution in [3.05, 3.63) is 53.8 Å². The summed E-state index contributed by atoms with van der Waals surface area (Å²) in [5.41, 5.74) is 5.53. The maximum atomic E-state index is 13.4. The van der Waals surface area contributed by atoms with Crippen LogP contribution in [0.5, 0.6) is 0 Å². The van der Waals surface area contributed by atoms with Crippen molar-refractivity contribution in [2.75, 3.05) is 5.73 Å². The Bertz CT molecular complexity index is 538. The Morgan fingerprint density at radius 3 is 2.31 bits per heavy atom. The second kappa shape index (κ2) is 3.89. The fourth-order valence-corrected chi connectivity index (χ4v) is 1.42. The molecular weight excluding hydrogens is 215 g/mol. The van der Waals surface area contributed by atoms with Crippen LogP contribution in [0.4, 0.5) is 18.9 Å². The molecule has 0 amide bonds. The summed E-state index contributed by atoms with van der Waals surface area (Å²) in [4.78, 5) is 0. The fourth-order valence-electron chi connectivity index (χ4n) is 1.42. The Kier molecular flexibility index (Phi) is 2.56. The van der Waals surface area contributed by atoms with Gasteiger partial charge in [0.25, 0.3) is 0 Å². The van der Waals surface area contributed by atoms with Crippen molar-refractivity contribution >= 4 is 5.69 Å². The van der Waals surface area contributed by atoms with E-state index in [2.05, 4.69) is 0 Å². The largest absolute Gasteiger partial charge is 0.396 e. The van der Waals surface area contributed by atoms with Gasteiger partial charge in [-0.05, 0) is 23.8 Å². The number of rotatable bonds is 1. The molecule has 0 spiro atoms. The van der Waals surface area contributed by atoms with E-state index in [4.69, 9.17) is 5.73 Å². The predicted molar refractivity (Wildman–Crippen MR) is 56.2 cm³/mol. The third-order valence-corrected chi connectivity index (χ3v) is 2.26. The number of hydrogen-bond donors (Lipinski definition) is 1. The maximum absolute atomic E-state index is 13.4. The molecule has 16 heavy (non-hydrogen) atoms. The number of nitrogens with two attached hydrogens (primary N) is 1. The molecule has 82 valence electrons. The molecule has 0 aliphatic carbocycles. The first-order valence-corrected chi connectivity index (χ1v) is 4.59. The standard InChI is InChI=1S/C12H8F3N/c13-9-3-1-2-8(12(9)15)7-4-5-11(16)10(14)6-7/h1-6H,16H2. The molecule has 2 aromatic rings. The van der Waals surface area contributed by atoms with Crippen molar-refractivity contribution in [3.63, 3.8) is 0 Å². The van der Waals surface area contributed by atoms with Crippen molar-refractivity contribution in [1.82, 2.24) is 0 Å². The van der Waals surface area contributed by atoms with Gasteiger partial charge in [-0.15, -0.1) is 0 Å². The summed E-state index contributed by atoms with van der Waals surface area (Å²) in [5.74, 6) is -2.61. The fraction of sp³-hybridized carbons (Fsp3) is 0. The molecule has 4 heteroatoms. The van der Waals surface area contributed by atoms with Crippen LogP contribution in [0.25, 0.3) is 11.1 Å². The molecule has 0 aliphatic heterocycles. The van der Waals surface area contributed by atoms with Crippen molar-refractivity contribution in [2.24, 2.45) is 0 Å². The van der Waals surface area contributed by atoms with E-state index in [9.17, 15) is 13.2 Å². The van der Waals surface area contributed by atoms with Gasteiger partial charge < -0.3 is 5.73 Å². The first-order chi connectivity index (χ1) is 7.59. The lowest BCUT2D eigenvalue weighted by atomic mass is 10.0. The number of hydrogen-bond acceptors (Lipinski definition) is 1. The van der Waals surface area contributed by atoms with E-state index in [0.717, 1.165) is 12.1 Å². The zero-order valence-electron chi connectivity index (χ0n) is 8.18. The second-order valence-electron chi connectivity index (χ2n) is 3.34. The van der Waals surface area contributed by atoms with Gasteiger partial charge >= 0.3 is 0 Å². The van der Waals surface area contributed by atoms with Crippen LogP contribution in [-0.4, -0.2) is 0 Å². The highest BCUT2D eigenvalue weighted by molar-refractivity contribution is 5.66. The van der Waals surface area contributed by atoms with Gasteiger partial charge in [-0.25, -0.2) is 13.2 Å². The molecule has 2 rings (SSSR count). The molecule has 2 N–H and O–H groups in total. The van der Waals surface area contributed by atoms with Gasteiger partial charge in [0.2, 0.25) is 0 Å². The summed E-state index contributed by atoms with van der Waals surface area (Å²) in [5, 5.41) is 0. The SMILES string of the molecule is Nc1ccc(-c2cccc(F)c2F)cc1F. The third kappa shape index (κ3) is 1.74. The molecule has 0 bridgehead atoms. The van der Waals surface area contributed by atoms with Gasteiger partial charge in [0.1, 0.15) is 5.82 Å². The lowest BCUT2D eigenvalue weighted by Gasteiger charge is -2.05. The Balaban J connectivity index is 2.59. The van der Waals surface area contributed by atoms with Gasteiger partial charge in [-0.1, -0.05) is 18.2 Å². The minimum Gasteiger partial charge on any atom is -0.396 e. The topological polar surface area (TPSA) is 26.0 Å². The van der Waals surface area contributed by atoms with Crippen LogP contribution in [0.2, 0.25) is 0 Å². The molecule has 0 heterocycles. The van der Waals surface area contributed by atoms with E-state index in [0.29, 0.717) is 0 Å². The van der Waals surface area contributed by atoms with Crippen molar-refractivity contribution in [1.29, 1.82) is 0 Å². The number of benzene rings is 2. The number of nitrogen functional groups attached to an aromatic ring is 1. The third-order valence-electron chi connectivity index (χ3n) is 2.26. The Labute approximate surface area is 90.3 Å². The predicted octanol–water partition coefficient (Wildman–Crippen LogP) is 3.35. The molecule has 0 radical (unpaired) electrons. The van der Waals surface area contributed by atoms with Crippen LogP contribution >= 0.6 is 0 Å².